The Morgan fingerprint density at radius 2 is 2.50 bits per heavy atom. The van der Waals surface area contributed by atoms with Gasteiger partial charge in [0.25, 0.3) is 0 Å². The Balaban J connectivity index is 2.59. The van der Waals surface area contributed by atoms with E-state index in [-0.39, 0.29) is 0 Å². The standard InChI is InChI=1S/C6H12N4/c1-2-6-8-5-10(9-6)4-3-7/h5H,2-4,7H2,1H3. The minimum absolute atomic E-state index is 0.618. The molecule has 4 nitrogen and oxygen atoms in total. The molecule has 0 spiro atoms. The number of aryl methyl sites for hydroxylation is 1. The Morgan fingerprint density at radius 1 is 1.70 bits per heavy atom. The molecular formula is C6H12N4. The lowest BCUT2D eigenvalue weighted by Crippen LogP contribution is -2.10. The molecule has 10 heavy (non-hydrogen) atoms. The molecule has 0 atom stereocenters. The van der Waals surface area contributed by atoms with Gasteiger partial charge in [0, 0.05) is 13.0 Å². The second-order valence-electron chi connectivity index (χ2n) is 2.07. The van der Waals surface area contributed by atoms with Gasteiger partial charge in [-0.1, -0.05) is 6.92 Å². The monoisotopic (exact) mass is 140 g/mol. The fourth-order valence-electron chi connectivity index (χ4n) is 0.735. The van der Waals surface area contributed by atoms with Gasteiger partial charge in [0.1, 0.15) is 12.2 Å². The minimum atomic E-state index is 0.618. The first-order valence-electron chi connectivity index (χ1n) is 3.45. The lowest BCUT2D eigenvalue weighted by Gasteiger charge is -1.92. The van der Waals surface area contributed by atoms with Crippen LogP contribution in [-0.2, 0) is 13.0 Å². The molecule has 56 valence electrons. The van der Waals surface area contributed by atoms with Crippen LogP contribution in [0.1, 0.15) is 12.7 Å². The summed E-state index contributed by atoms with van der Waals surface area (Å²) < 4.78 is 1.76. The predicted molar refractivity (Wildman–Crippen MR) is 38.5 cm³/mol. The van der Waals surface area contributed by atoms with E-state index in [0.717, 1.165) is 18.8 Å². The van der Waals surface area contributed by atoms with Crippen LogP contribution in [0.25, 0.3) is 0 Å². The van der Waals surface area contributed by atoms with Gasteiger partial charge in [-0.05, 0) is 0 Å². The number of nitrogens with zero attached hydrogens (tertiary/aromatic N) is 3. The van der Waals surface area contributed by atoms with E-state index in [1.54, 1.807) is 11.0 Å². The predicted octanol–water partition coefficient (Wildman–Crippen LogP) is -0.201. The molecule has 0 amide bonds. The van der Waals surface area contributed by atoms with Gasteiger partial charge in [-0.3, -0.25) is 4.68 Å². The molecule has 0 aliphatic rings. The van der Waals surface area contributed by atoms with Crippen LogP contribution in [0.4, 0.5) is 0 Å². The summed E-state index contributed by atoms with van der Waals surface area (Å²) >= 11 is 0. The van der Waals surface area contributed by atoms with Gasteiger partial charge in [-0.2, -0.15) is 5.10 Å². The number of aromatic nitrogens is 3. The first kappa shape index (κ1) is 7.21. The summed E-state index contributed by atoms with van der Waals surface area (Å²) in [5, 5.41) is 4.14. The number of hydrogen-bond donors (Lipinski definition) is 1. The second-order valence-corrected chi connectivity index (χ2v) is 2.07. The van der Waals surface area contributed by atoms with E-state index in [4.69, 9.17) is 5.73 Å². The topological polar surface area (TPSA) is 56.7 Å². The maximum Gasteiger partial charge on any atom is 0.150 e. The van der Waals surface area contributed by atoms with E-state index in [0.29, 0.717) is 6.54 Å². The van der Waals surface area contributed by atoms with Crippen molar-refractivity contribution >= 4 is 0 Å². The van der Waals surface area contributed by atoms with E-state index in [2.05, 4.69) is 10.1 Å². The van der Waals surface area contributed by atoms with Crippen LogP contribution in [0.5, 0.6) is 0 Å². The summed E-state index contributed by atoms with van der Waals surface area (Å²) in [4.78, 5) is 4.05. The highest BCUT2D eigenvalue weighted by Gasteiger charge is 1.94. The number of nitrogens with two attached hydrogens (primary N) is 1. The molecule has 4 heteroatoms. The lowest BCUT2D eigenvalue weighted by molar-refractivity contribution is 0.616. The van der Waals surface area contributed by atoms with Crippen molar-refractivity contribution in [3.05, 3.63) is 12.2 Å². The summed E-state index contributed by atoms with van der Waals surface area (Å²) in [6, 6.07) is 0. The van der Waals surface area contributed by atoms with Crippen LogP contribution in [0.3, 0.4) is 0 Å². The van der Waals surface area contributed by atoms with Gasteiger partial charge in [0.15, 0.2) is 0 Å². The summed E-state index contributed by atoms with van der Waals surface area (Å²) in [5.74, 6) is 0.883. The molecule has 0 aliphatic heterocycles. The largest absolute Gasteiger partial charge is 0.329 e. The maximum atomic E-state index is 5.32. The first-order valence-corrected chi connectivity index (χ1v) is 3.45. The molecular weight excluding hydrogens is 128 g/mol. The molecule has 2 N–H and O–H groups in total. The van der Waals surface area contributed by atoms with Gasteiger partial charge in [0.2, 0.25) is 0 Å². The highest BCUT2D eigenvalue weighted by atomic mass is 15.3. The van der Waals surface area contributed by atoms with Crippen molar-refractivity contribution in [3.8, 4) is 0 Å². The summed E-state index contributed by atoms with van der Waals surface area (Å²) in [7, 11) is 0. The Bertz CT molecular complexity index is 193. The average molecular weight is 140 g/mol. The van der Waals surface area contributed by atoms with Crippen LogP contribution in [0.15, 0.2) is 6.33 Å². The van der Waals surface area contributed by atoms with Crippen molar-refractivity contribution in [3.63, 3.8) is 0 Å². The second kappa shape index (κ2) is 3.31. The maximum absolute atomic E-state index is 5.32. The van der Waals surface area contributed by atoms with E-state index >= 15 is 0 Å². The van der Waals surface area contributed by atoms with Crippen LogP contribution in [0, 0.1) is 0 Å². The molecule has 1 heterocycles. The van der Waals surface area contributed by atoms with Gasteiger partial charge in [0.05, 0.1) is 6.54 Å². The summed E-state index contributed by atoms with van der Waals surface area (Å²) in [6.45, 7) is 3.40. The Labute approximate surface area is 60.1 Å². The van der Waals surface area contributed by atoms with E-state index < -0.39 is 0 Å². The molecule has 0 bridgehead atoms. The SMILES string of the molecule is CCc1ncn(CCN)n1. The zero-order chi connectivity index (χ0) is 7.40. The Hall–Kier alpha value is -0.900. The van der Waals surface area contributed by atoms with Crippen LogP contribution < -0.4 is 5.73 Å². The third-order valence-electron chi connectivity index (χ3n) is 1.26. The highest BCUT2D eigenvalue weighted by molar-refractivity contribution is 4.79. The third kappa shape index (κ3) is 1.54. The summed E-state index contributed by atoms with van der Waals surface area (Å²) in [6.07, 6.45) is 2.60. The molecule has 1 aromatic heterocycles. The van der Waals surface area contributed by atoms with Gasteiger partial charge >= 0.3 is 0 Å². The Morgan fingerprint density at radius 3 is 3.00 bits per heavy atom. The van der Waals surface area contributed by atoms with Crippen molar-refractivity contribution in [1.82, 2.24) is 14.8 Å². The first-order chi connectivity index (χ1) is 4.86. The molecule has 0 saturated carbocycles. The fourth-order valence-corrected chi connectivity index (χ4v) is 0.735. The molecule has 0 unspecified atom stereocenters. The van der Waals surface area contributed by atoms with Gasteiger partial charge in [-0.25, -0.2) is 4.98 Å². The molecule has 0 saturated heterocycles. The summed E-state index contributed by atoms with van der Waals surface area (Å²) in [5.41, 5.74) is 5.32. The van der Waals surface area contributed by atoms with Crippen molar-refractivity contribution in [2.45, 2.75) is 19.9 Å². The minimum Gasteiger partial charge on any atom is -0.329 e. The Kier molecular flexibility index (Phi) is 2.39. The zero-order valence-corrected chi connectivity index (χ0v) is 6.12. The van der Waals surface area contributed by atoms with Crippen LogP contribution in [-0.4, -0.2) is 21.3 Å². The number of rotatable bonds is 3. The normalized spacial score (nSPS) is 10.2. The van der Waals surface area contributed by atoms with Crippen LogP contribution in [0.2, 0.25) is 0 Å². The molecule has 1 rings (SSSR count). The fraction of sp³-hybridized carbons (Fsp3) is 0.667. The van der Waals surface area contributed by atoms with Gasteiger partial charge in [-0.15, -0.1) is 0 Å². The van der Waals surface area contributed by atoms with E-state index in [9.17, 15) is 0 Å². The lowest BCUT2D eigenvalue weighted by atomic mass is 10.5. The number of hydrogen-bond acceptors (Lipinski definition) is 3. The molecule has 0 aliphatic carbocycles. The molecule has 0 radical (unpaired) electrons. The van der Waals surface area contributed by atoms with Gasteiger partial charge < -0.3 is 5.73 Å². The smallest absolute Gasteiger partial charge is 0.150 e. The average Bonchev–Trinajstić information content (AvgIpc) is 2.37. The van der Waals surface area contributed by atoms with E-state index in [1.165, 1.54) is 0 Å². The van der Waals surface area contributed by atoms with Crippen molar-refractivity contribution in [2.24, 2.45) is 5.73 Å². The van der Waals surface area contributed by atoms with Crippen molar-refractivity contribution < 1.29 is 0 Å². The molecule has 0 fully saturated rings. The zero-order valence-electron chi connectivity index (χ0n) is 6.12. The van der Waals surface area contributed by atoms with Crippen molar-refractivity contribution in [1.29, 1.82) is 0 Å². The van der Waals surface area contributed by atoms with E-state index in [1.807, 2.05) is 6.92 Å². The third-order valence-corrected chi connectivity index (χ3v) is 1.26. The quantitative estimate of drug-likeness (QED) is 0.632. The van der Waals surface area contributed by atoms with Crippen LogP contribution >= 0.6 is 0 Å². The molecule has 1 aromatic rings. The highest BCUT2D eigenvalue weighted by Crippen LogP contribution is 1.88. The van der Waals surface area contributed by atoms with Crippen molar-refractivity contribution in [2.75, 3.05) is 6.54 Å². The molecule has 0 aromatic carbocycles.